The van der Waals surface area contributed by atoms with Gasteiger partial charge in [0.25, 0.3) is 0 Å². The maximum Gasteiger partial charge on any atom is 0.368 e. The Morgan fingerprint density at radius 2 is 2.05 bits per heavy atom. The summed E-state index contributed by atoms with van der Waals surface area (Å²) in [6, 6.07) is 5.48. The van der Waals surface area contributed by atoms with Gasteiger partial charge >= 0.3 is 5.69 Å². The van der Waals surface area contributed by atoms with Crippen LogP contribution in [0.15, 0.2) is 23.0 Å². The summed E-state index contributed by atoms with van der Waals surface area (Å²) in [6.07, 6.45) is 0.245. The molecule has 7 nitrogen and oxygen atoms in total. The Morgan fingerprint density at radius 3 is 2.60 bits per heavy atom. The number of aromatic nitrogens is 4. The van der Waals surface area contributed by atoms with E-state index in [1.165, 1.54) is 18.8 Å². The van der Waals surface area contributed by atoms with Crippen LogP contribution >= 0.6 is 7.37 Å². The number of tetrazole rings is 1. The van der Waals surface area contributed by atoms with Gasteiger partial charge in [0.1, 0.15) is 0 Å². The number of nitrogens with zero attached hydrogens (tertiary/aromatic N) is 4. The van der Waals surface area contributed by atoms with Gasteiger partial charge in [-0.25, -0.2) is 4.79 Å². The molecule has 0 saturated heterocycles. The summed E-state index contributed by atoms with van der Waals surface area (Å²) in [5.41, 5.74) is 1.95. The van der Waals surface area contributed by atoms with Crippen molar-refractivity contribution in [3.63, 3.8) is 0 Å². The Bertz CT molecular complexity index is 735. The molecule has 1 heterocycles. The predicted molar refractivity (Wildman–Crippen MR) is 75.6 cm³/mol. The molecule has 1 aromatic carbocycles. The number of hydrogen-bond acceptors (Lipinski definition) is 5. The molecule has 1 atom stereocenters. The van der Waals surface area contributed by atoms with E-state index in [0.29, 0.717) is 5.69 Å². The number of aryl methyl sites for hydroxylation is 2. The molecule has 0 aliphatic rings. The summed E-state index contributed by atoms with van der Waals surface area (Å²) < 4.78 is 19.6. The smallest absolute Gasteiger partial charge is 0.332 e. The van der Waals surface area contributed by atoms with Gasteiger partial charge in [-0.15, -0.1) is 0 Å². The van der Waals surface area contributed by atoms with E-state index in [-0.39, 0.29) is 11.9 Å². The fraction of sp³-hybridized carbons (Fsp3) is 0.417. The van der Waals surface area contributed by atoms with E-state index in [0.717, 1.165) is 15.8 Å². The zero-order valence-corrected chi connectivity index (χ0v) is 12.8. The Hall–Kier alpha value is -1.72. The highest BCUT2D eigenvalue weighted by Crippen LogP contribution is 2.46. The Labute approximate surface area is 116 Å². The predicted octanol–water partition coefficient (Wildman–Crippen LogP) is 1.33. The van der Waals surface area contributed by atoms with Crippen LogP contribution < -0.4 is 5.69 Å². The van der Waals surface area contributed by atoms with Gasteiger partial charge in [-0.3, -0.25) is 4.57 Å². The summed E-state index contributed by atoms with van der Waals surface area (Å²) in [5.74, 6) is 0. The molecule has 2 rings (SSSR count). The maximum atomic E-state index is 12.2. The molecule has 0 radical (unpaired) electrons. The standard InChI is InChI=1S/C12H17N4O3P/c1-9-6-5-7-11(10(9)8-20(4,18)19-3)16-12(17)15(2)13-14-16/h5-7H,8H2,1-4H3. The van der Waals surface area contributed by atoms with Crippen LogP contribution in [0.5, 0.6) is 0 Å². The Morgan fingerprint density at radius 1 is 1.35 bits per heavy atom. The minimum absolute atomic E-state index is 0.245. The number of rotatable bonds is 4. The molecule has 0 saturated carbocycles. The SMILES string of the molecule is COP(C)(=O)Cc1c(C)cccc1-n1nnn(C)c1=O. The fourth-order valence-corrected chi connectivity index (χ4v) is 3.02. The summed E-state index contributed by atoms with van der Waals surface area (Å²) in [4.78, 5) is 12.0. The lowest BCUT2D eigenvalue weighted by molar-refractivity contribution is 0.397. The van der Waals surface area contributed by atoms with Crippen LogP contribution in [0, 0.1) is 6.92 Å². The highest BCUT2D eigenvalue weighted by molar-refractivity contribution is 7.57. The third-order valence-corrected chi connectivity index (χ3v) is 4.83. The molecule has 0 fully saturated rings. The highest BCUT2D eigenvalue weighted by atomic mass is 31.2. The second kappa shape index (κ2) is 5.34. The van der Waals surface area contributed by atoms with Crippen LogP contribution in [0.1, 0.15) is 11.1 Å². The molecule has 20 heavy (non-hydrogen) atoms. The molecule has 0 bridgehead atoms. The van der Waals surface area contributed by atoms with Crippen LogP contribution in [-0.2, 0) is 22.3 Å². The van der Waals surface area contributed by atoms with Gasteiger partial charge in [0.15, 0.2) is 0 Å². The second-order valence-electron chi connectivity index (χ2n) is 4.72. The Kier molecular flexibility index (Phi) is 3.92. The van der Waals surface area contributed by atoms with Crippen molar-refractivity contribution < 1.29 is 9.09 Å². The van der Waals surface area contributed by atoms with Crippen LogP contribution in [0.25, 0.3) is 5.69 Å². The zero-order chi connectivity index (χ0) is 14.9. The van der Waals surface area contributed by atoms with Crippen molar-refractivity contribution >= 4 is 7.37 Å². The summed E-state index contributed by atoms with van der Waals surface area (Å²) in [6.45, 7) is 3.47. The zero-order valence-electron chi connectivity index (χ0n) is 11.9. The number of benzene rings is 1. The van der Waals surface area contributed by atoms with Crippen LogP contribution in [0.2, 0.25) is 0 Å². The van der Waals surface area contributed by atoms with E-state index < -0.39 is 7.37 Å². The fourth-order valence-electron chi connectivity index (χ4n) is 1.91. The van der Waals surface area contributed by atoms with Gasteiger partial charge in [-0.05, 0) is 34.5 Å². The van der Waals surface area contributed by atoms with E-state index in [1.54, 1.807) is 12.7 Å². The second-order valence-corrected chi connectivity index (χ2v) is 7.43. The van der Waals surface area contributed by atoms with Gasteiger partial charge in [0.2, 0.25) is 7.37 Å². The highest BCUT2D eigenvalue weighted by Gasteiger charge is 2.21. The first kappa shape index (κ1) is 14.7. The van der Waals surface area contributed by atoms with Crippen molar-refractivity contribution in [2.24, 2.45) is 7.05 Å². The number of hydrogen-bond donors (Lipinski definition) is 0. The van der Waals surface area contributed by atoms with Crippen molar-refractivity contribution in [1.82, 2.24) is 19.8 Å². The van der Waals surface area contributed by atoms with E-state index in [9.17, 15) is 9.36 Å². The van der Waals surface area contributed by atoms with Crippen LogP contribution in [0.4, 0.5) is 0 Å². The third-order valence-electron chi connectivity index (χ3n) is 3.17. The van der Waals surface area contributed by atoms with Crippen molar-refractivity contribution in [3.05, 3.63) is 39.8 Å². The first-order chi connectivity index (χ1) is 9.35. The minimum Gasteiger partial charge on any atom is -0.332 e. The van der Waals surface area contributed by atoms with Gasteiger partial charge in [-0.1, -0.05) is 12.1 Å². The van der Waals surface area contributed by atoms with Crippen molar-refractivity contribution in [3.8, 4) is 5.69 Å². The molecule has 0 aliphatic carbocycles. The lowest BCUT2D eigenvalue weighted by atomic mass is 10.1. The first-order valence-electron chi connectivity index (χ1n) is 6.06. The lowest BCUT2D eigenvalue weighted by Crippen LogP contribution is -2.23. The molecule has 8 heteroatoms. The topological polar surface area (TPSA) is 79.0 Å². The normalized spacial score (nSPS) is 14.2. The average molecular weight is 296 g/mol. The van der Waals surface area contributed by atoms with Crippen LogP contribution in [-0.4, -0.2) is 33.6 Å². The summed E-state index contributed by atoms with van der Waals surface area (Å²) in [5, 5.41) is 7.53. The quantitative estimate of drug-likeness (QED) is 0.795. The largest absolute Gasteiger partial charge is 0.368 e. The maximum absolute atomic E-state index is 12.2. The molecule has 0 spiro atoms. The molecule has 0 aliphatic heterocycles. The van der Waals surface area contributed by atoms with Gasteiger partial charge in [-0.2, -0.15) is 9.36 Å². The minimum atomic E-state index is -2.75. The van der Waals surface area contributed by atoms with E-state index >= 15 is 0 Å². The van der Waals surface area contributed by atoms with Crippen LogP contribution in [0.3, 0.4) is 0 Å². The van der Waals surface area contributed by atoms with Gasteiger partial charge in [0, 0.05) is 20.8 Å². The third kappa shape index (κ3) is 2.73. The van der Waals surface area contributed by atoms with E-state index in [2.05, 4.69) is 10.4 Å². The molecule has 2 aromatic rings. The van der Waals surface area contributed by atoms with Crippen molar-refractivity contribution in [1.29, 1.82) is 0 Å². The summed E-state index contributed by atoms with van der Waals surface area (Å²) >= 11 is 0. The summed E-state index contributed by atoms with van der Waals surface area (Å²) in [7, 11) is 0.204. The van der Waals surface area contributed by atoms with Crippen molar-refractivity contribution in [2.75, 3.05) is 13.8 Å². The molecular weight excluding hydrogens is 279 g/mol. The molecule has 1 unspecified atom stereocenters. The molecule has 108 valence electrons. The van der Waals surface area contributed by atoms with Gasteiger partial charge in [0.05, 0.1) is 11.8 Å². The monoisotopic (exact) mass is 296 g/mol. The Balaban J connectivity index is 2.61. The van der Waals surface area contributed by atoms with E-state index in [1.807, 2.05) is 19.1 Å². The van der Waals surface area contributed by atoms with Gasteiger partial charge < -0.3 is 4.52 Å². The molecular formula is C12H17N4O3P. The molecule has 0 N–H and O–H groups in total. The molecule has 0 amide bonds. The average Bonchev–Trinajstić information content (AvgIpc) is 2.73. The first-order valence-corrected chi connectivity index (χ1v) is 8.31. The van der Waals surface area contributed by atoms with Crippen molar-refractivity contribution in [2.45, 2.75) is 13.1 Å². The van der Waals surface area contributed by atoms with E-state index in [4.69, 9.17) is 4.52 Å². The lowest BCUT2D eigenvalue weighted by Gasteiger charge is -2.15. The molecule has 1 aromatic heterocycles.